The minimum absolute atomic E-state index is 0.211. The Hall–Kier alpha value is -1.55. The Balaban J connectivity index is 1.80. The van der Waals surface area contributed by atoms with E-state index in [2.05, 4.69) is 46.7 Å². The average molecular weight is 285 g/mol. The van der Waals surface area contributed by atoms with Gasteiger partial charge < -0.3 is 15.5 Å². The van der Waals surface area contributed by atoms with Crippen molar-refractivity contribution in [3.63, 3.8) is 0 Å². The van der Waals surface area contributed by atoms with Crippen LogP contribution in [0.2, 0.25) is 0 Å². The Morgan fingerprint density at radius 2 is 1.85 bits per heavy atom. The summed E-state index contributed by atoms with van der Waals surface area (Å²) < 4.78 is 0. The molecular weight excluding hydrogens is 266 g/mol. The highest BCUT2D eigenvalue weighted by atomic mass is 32.1. The fourth-order valence-corrected chi connectivity index (χ4v) is 3.88. The lowest BCUT2D eigenvalue weighted by Gasteiger charge is -2.49. The van der Waals surface area contributed by atoms with Crippen LogP contribution < -0.4 is 10.6 Å². The number of rotatable bonds is 1. The van der Waals surface area contributed by atoms with Crippen LogP contribution >= 0.6 is 12.2 Å². The minimum Gasteiger partial charge on any atom is -0.371 e. The lowest BCUT2D eigenvalue weighted by molar-refractivity contribution is 0.181. The van der Waals surface area contributed by atoms with Crippen molar-refractivity contribution < 1.29 is 0 Å². The van der Waals surface area contributed by atoms with E-state index in [0.717, 1.165) is 5.11 Å². The molecule has 0 radical (unpaired) electrons. The molecule has 0 amide bonds. The maximum atomic E-state index is 5.42. The summed E-state index contributed by atoms with van der Waals surface area (Å²) in [7, 11) is 0. The fraction of sp³-hybridized carbons (Fsp3) is 0.438. The third-order valence-electron chi connectivity index (χ3n) is 4.73. The zero-order chi connectivity index (χ0) is 13.7. The lowest BCUT2D eigenvalue weighted by Crippen LogP contribution is -2.55. The van der Waals surface area contributed by atoms with Crippen LogP contribution in [0.5, 0.6) is 0 Å². The summed E-state index contributed by atoms with van der Waals surface area (Å²) in [6, 6.07) is 9.00. The summed E-state index contributed by atoms with van der Waals surface area (Å²) >= 11 is 5.42. The maximum absolute atomic E-state index is 5.42. The van der Waals surface area contributed by atoms with Gasteiger partial charge in [0.2, 0.25) is 0 Å². The predicted molar refractivity (Wildman–Crippen MR) is 84.1 cm³/mol. The van der Waals surface area contributed by atoms with Crippen LogP contribution in [-0.2, 0) is 0 Å². The molecule has 3 nitrogen and oxygen atoms in total. The van der Waals surface area contributed by atoms with Gasteiger partial charge in [-0.05, 0) is 37.5 Å². The van der Waals surface area contributed by atoms with Gasteiger partial charge in [-0.2, -0.15) is 0 Å². The van der Waals surface area contributed by atoms with E-state index in [4.69, 9.17) is 12.2 Å². The first-order valence-corrected chi connectivity index (χ1v) is 7.76. The van der Waals surface area contributed by atoms with Crippen molar-refractivity contribution in [1.29, 1.82) is 0 Å². The highest BCUT2D eigenvalue weighted by Crippen LogP contribution is 2.41. The number of nitrogens with one attached hydrogen (secondary N) is 2. The lowest BCUT2D eigenvalue weighted by atomic mass is 9.82. The van der Waals surface area contributed by atoms with E-state index < -0.39 is 0 Å². The predicted octanol–water partition coefficient (Wildman–Crippen LogP) is 2.45. The molecular formula is C16H19N3S. The zero-order valence-electron chi connectivity index (χ0n) is 11.6. The number of aryl methyl sites for hydroxylation is 1. The van der Waals surface area contributed by atoms with Crippen LogP contribution in [0.15, 0.2) is 35.7 Å². The number of hydrogen-bond donors (Lipinski definition) is 2. The van der Waals surface area contributed by atoms with Crippen molar-refractivity contribution in [3.05, 3.63) is 46.8 Å². The van der Waals surface area contributed by atoms with Crippen LogP contribution in [0.4, 0.5) is 0 Å². The van der Waals surface area contributed by atoms with Crippen molar-refractivity contribution in [3.8, 4) is 0 Å². The van der Waals surface area contributed by atoms with E-state index in [0.29, 0.717) is 5.92 Å². The molecule has 0 saturated carbocycles. The molecule has 4 aliphatic heterocycles. The summed E-state index contributed by atoms with van der Waals surface area (Å²) in [5.74, 6) is 0.669. The molecule has 0 spiro atoms. The molecule has 4 heterocycles. The molecule has 1 fully saturated rings. The molecule has 1 saturated heterocycles. The van der Waals surface area contributed by atoms with Crippen LogP contribution in [0, 0.1) is 12.8 Å². The summed E-state index contributed by atoms with van der Waals surface area (Å²) in [6.45, 7) is 4.49. The Labute approximate surface area is 125 Å². The Bertz CT molecular complexity index is 582. The van der Waals surface area contributed by atoms with Gasteiger partial charge in [-0.1, -0.05) is 29.8 Å². The molecule has 0 aliphatic carbocycles. The third kappa shape index (κ3) is 1.82. The molecule has 4 heteroatoms. The van der Waals surface area contributed by atoms with Gasteiger partial charge >= 0.3 is 0 Å². The van der Waals surface area contributed by atoms with Gasteiger partial charge in [-0.25, -0.2) is 0 Å². The quantitative estimate of drug-likeness (QED) is 0.775. The first-order chi connectivity index (χ1) is 9.72. The van der Waals surface area contributed by atoms with Gasteiger partial charge in [0, 0.05) is 24.7 Å². The SMILES string of the molecule is Cc1ccc([C@@H]2NC(=S)NC3=C2N2CCC3CC2)cc1. The van der Waals surface area contributed by atoms with Gasteiger partial charge in [0.1, 0.15) is 0 Å². The van der Waals surface area contributed by atoms with Crippen molar-refractivity contribution in [2.75, 3.05) is 13.1 Å². The second kappa shape index (κ2) is 4.48. The van der Waals surface area contributed by atoms with Crippen molar-refractivity contribution >= 4 is 17.3 Å². The van der Waals surface area contributed by atoms with E-state index >= 15 is 0 Å². The summed E-state index contributed by atoms with van der Waals surface area (Å²) in [5, 5.41) is 7.64. The molecule has 1 aromatic rings. The van der Waals surface area contributed by atoms with Crippen LogP contribution in [0.1, 0.15) is 30.0 Å². The first kappa shape index (κ1) is 12.2. The first-order valence-electron chi connectivity index (χ1n) is 7.35. The van der Waals surface area contributed by atoms with Crippen LogP contribution in [-0.4, -0.2) is 23.1 Å². The molecule has 5 rings (SSSR count). The van der Waals surface area contributed by atoms with E-state index in [1.54, 1.807) is 0 Å². The Morgan fingerprint density at radius 1 is 1.15 bits per heavy atom. The number of hydrogen-bond acceptors (Lipinski definition) is 2. The Morgan fingerprint density at radius 3 is 2.55 bits per heavy atom. The second-order valence-corrected chi connectivity index (χ2v) is 6.41. The number of nitrogens with zero attached hydrogens (tertiary/aromatic N) is 1. The van der Waals surface area contributed by atoms with Crippen LogP contribution in [0.3, 0.4) is 0 Å². The summed E-state index contributed by atoms with van der Waals surface area (Å²) in [4.78, 5) is 2.53. The molecule has 1 aromatic carbocycles. The number of piperidine rings is 1. The minimum atomic E-state index is 0.211. The largest absolute Gasteiger partial charge is 0.371 e. The molecule has 0 unspecified atom stereocenters. The maximum Gasteiger partial charge on any atom is 0.171 e. The van der Waals surface area contributed by atoms with Gasteiger partial charge in [0.05, 0.1) is 11.7 Å². The normalized spacial score (nSPS) is 25.4. The Kier molecular flexibility index (Phi) is 2.74. The highest BCUT2D eigenvalue weighted by Gasteiger charge is 2.40. The molecule has 20 heavy (non-hydrogen) atoms. The summed E-state index contributed by atoms with van der Waals surface area (Å²) in [5.41, 5.74) is 5.39. The van der Waals surface area contributed by atoms with E-state index in [9.17, 15) is 0 Å². The zero-order valence-corrected chi connectivity index (χ0v) is 12.5. The molecule has 104 valence electrons. The van der Waals surface area contributed by atoms with E-state index in [1.807, 2.05) is 0 Å². The number of fused-ring (bicyclic) bond motifs is 2. The van der Waals surface area contributed by atoms with Gasteiger partial charge in [-0.15, -0.1) is 0 Å². The monoisotopic (exact) mass is 285 g/mol. The second-order valence-electron chi connectivity index (χ2n) is 6.00. The van der Waals surface area contributed by atoms with E-state index in [-0.39, 0.29) is 6.04 Å². The van der Waals surface area contributed by atoms with Gasteiger partial charge in [0.15, 0.2) is 5.11 Å². The molecule has 0 aromatic heterocycles. The van der Waals surface area contributed by atoms with Gasteiger partial charge in [-0.3, -0.25) is 0 Å². The van der Waals surface area contributed by atoms with Crippen molar-refractivity contribution in [1.82, 2.24) is 15.5 Å². The summed E-state index contributed by atoms with van der Waals surface area (Å²) in [6.07, 6.45) is 2.52. The molecule has 1 atom stereocenters. The molecule has 2 bridgehead atoms. The number of allylic oxidation sites excluding steroid dienone is 1. The molecule has 2 N–H and O–H groups in total. The van der Waals surface area contributed by atoms with Crippen LogP contribution in [0.25, 0.3) is 0 Å². The third-order valence-corrected chi connectivity index (χ3v) is 4.95. The molecule has 4 aliphatic rings. The number of benzene rings is 1. The highest BCUT2D eigenvalue weighted by molar-refractivity contribution is 7.80. The average Bonchev–Trinajstić information content (AvgIpc) is 2.48. The smallest absolute Gasteiger partial charge is 0.171 e. The fourth-order valence-electron chi connectivity index (χ4n) is 3.65. The van der Waals surface area contributed by atoms with Crippen molar-refractivity contribution in [2.24, 2.45) is 5.92 Å². The topological polar surface area (TPSA) is 27.3 Å². The van der Waals surface area contributed by atoms with Crippen molar-refractivity contribution in [2.45, 2.75) is 25.8 Å². The number of thiocarbonyl (C=S) groups is 1. The van der Waals surface area contributed by atoms with E-state index in [1.165, 1.54) is 48.5 Å². The standard InChI is InChI=1S/C16H19N3S/c1-10-2-4-11(5-3-10)13-15-14(18-16(20)17-13)12-6-8-19(15)9-7-12/h2-5,12-13H,6-9H2,1H3,(H2,17,18,20)/t13-/m0/s1. The van der Waals surface area contributed by atoms with Gasteiger partial charge in [0.25, 0.3) is 0 Å².